The first kappa shape index (κ1) is 13.0. The van der Waals surface area contributed by atoms with E-state index in [4.69, 9.17) is 4.74 Å². The monoisotopic (exact) mass is 269 g/mol. The van der Waals surface area contributed by atoms with Crippen LogP contribution in [0, 0.1) is 5.92 Å². The third kappa shape index (κ3) is 3.10. The molecule has 1 aromatic carbocycles. The maximum atomic E-state index is 11.8. The first-order valence-corrected chi connectivity index (χ1v) is 7.13. The Balaban J connectivity index is 1.51. The lowest BCUT2D eigenvalue weighted by Gasteiger charge is -2.12. The zero-order valence-corrected chi connectivity index (χ0v) is 11.6. The smallest absolute Gasteiger partial charge is 0.410 e. The Morgan fingerprint density at radius 2 is 2.10 bits per heavy atom. The minimum absolute atomic E-state index is 0.239. The Kier molecular flexibility index (Phi) is 3.59. The molecule has 0 spiro atoms. The molecule has 0 heterocycles. The number of allylic oxidation sites excluding steroid dienone is 3. The van der Waals surface area contributed by atoms with E-state index in [-0.39, 0.29) is 12.1 Å². The van der Waals surface area contributed by atoms with Crippen LogP contribution in [-0.4, -0.2) is 12.1 Å². The van der Waals surface area contributed by atoms with E-state index in [0.717, 1.165) is 19.3 Å². The van der Waals surface area contributed by atoms with Gasteiger partial charge in [0.2, 0.25) is 0 Å². The van der Waals surface area contributed by atoms with Crippen LogP contribution in [0.2, 0.25) is 0 Å². The lowest BCUT2D eigenvalue weighted by Crippen LogP contribution is -2.30. The fraction of sp³-hybridized carbons (Fsp3) is 0.353. The molecule has 0 saturated heterocycles. The number of hydrogen-bond acceptors (Lipinski definition) is 2. The van der Waals surface area contributed by atoms with E-state index in [1.54, 1.807) is 12.1 Å². The highest BCUT2D eigenvalue weighted by Gasteiger charge is 2.41. The number of carbonyl (C=O) groups is 1. The quantitative estimate of drug-likeness (QED) is 0.905. The van der Waals surface area contributed by atoms with Gasteiger partial charge in [0.15, 0.2) is 0 Å². The first-order valence-electron chi connectivity index (χ1n) is 7.13. The highest BCUT2D eigenvalue weighted by molar-refractivity contribution is 5.71. The van der Waals surface area contributed by atoms with Crippen molar-refractivity contribution in [3.8, 4) is 5.75 Å². The van der Waals surface area contributed by atoms with E-state index < -0.39 is 0 Å². The largest absolute Gasteiger partial charge is 0.412 e. The van der Waals surface area contributed by atoms with Gasteiger partial charge in [-0.1, -0.05) is 41.5 Å². The second-order valence-corrected chi connectivity index (χ2v) is 5.50. The molecular weight excluding hydrogens is 250 g/mol. The van der Waals surface area contributed by atoms with Crippen molar-refractivity contribution in [1.29, 1.82) is 0 Å². The molecule has 1 N–H and O–H groups in total. The van der Waals surface area contributed by atoms with Crippen molar-refractivity contribution in [3.63, 3.8) is 0 Å². The highest BCUT2D eigenvalue weighted by atomic mass is 16.6. The van der Waals surface area contributed by atoms with Gasteiger partial charge in [0.1, 0.15) is 5.75 Å². The molecule has 20 heavy (non-hydrogen) atoms. The molecule has 2 aliphatic rings. The summed E-state index contributed by atoms with van der Waals surface area (Å²) >= 11 is 0. The number of benzene rings is 1. The summed E-state index contributed by atoms with van der Waals surface area (Å²) in [7, 11) is 0. The molecule has 1 aromatic rings. The Morgan fingerprint density at radius 1 is 1.30 bits per heavy atom. The molecular formula is C17H19NO2. The van der Waals surface area contributed by atoms with Gasteiger partial charge in [-0.3, -0.25) is 0 Å². The van der Waals surface area contributed by atoms with Crippen molar-refractivity contribution in [2.75, 3.05) is 0 Å². The summed E-state index contributed by atoms with van der Waals surface area (Å²) in [5.74, 6) is 1.08. The normalized spacial score (nSPS) is 24.4. The van der Waals surface area contributed by atoms with Crippen molar-refractivity contribution in [2.45, 2.75) is 32.2 Å². The van der Waals surface area contributed by atoms with E-state index in [1.807, 2.05) is 18.2 Å². The van der Waals surface area contributed by atoms with Crippen LogP contribution in [0.3, 0.4) is 0 Å². The Morgan fingerprint density at radius 3 is 2.85 bits per heavy atom. The van der Waals surface area contributed by atoms with E-state index in [2.05, 4.69) is 24.4 Å². The molecule has 3 heteroatoms. The zero-order valence-electron chi connectivity index (χ0n) is 11.6. The average Bonchev–Trinajstić information content (AvgIpc) is 3.19. The summed E-state index contributed by atoms with van der Waals surface area (Å²) in [6.45, 7) is 2.13. The standard InChI is InChI=1S/C17H19NO2/c1-12-6-5-7-13(10-12)15-11-16(15)18-17(19)20-14-8-3-2-4-9-14/h2-4,6,8-10,15-16H,5,7,11H2,1H3,(H,18,19). The molecule has 2 atom stereocenters. The van der Waals surface area contributed by atoms with Crippen LogP contribution in [0.4, 0.5) is 4.79 Å². The van der Waals surface area contributed by atoms with Gasteiger partial charge in [-0.2, -0.15) is 0 Å². The average molecular weight is 269 g/mol. The predicted octanol–water partition coefficient (Wildman–Crippen LogP) is 3.83. The molecule has 0 aromatic heterocycles. The summed E-state index contributed by atoms with van der Waals surface area (Å²) in [5.41, 5.74) is 2.80. The van der Waals surface area contributed by atoms with E-state index in [0.29, 0.717) is 11.7 Å². The summed E-state index contributed by atoms with van der Waals surface area (Å²) in [6, 6.07) is 9.40. The Labute approximate surface area is 119 Å². The molecule has 2 aliphatic carbocycles. The fourth-order valence-electron chi connectivity index (χ4n) is 2.72. The number of para-hydroxylation sites is 1. The molecule has 0 bridgehead atoms. The number of ether oxygens (including phenoxy) is 1. The molecule has 0 radical (unpaired) electrons. The Bertz CT molecular complexity index is 560. The number of nitrogens with one attached hydrogen (secondary N) is 1. The summed E-state index contributed by atoms with van der Waals surface area (Å²) < 4.78 is 5.24. The summed E-state index contributed by atoms with van der Waals surface area (Å²) in [5, 5.41) is 2.94. The van der Waals surface area contributed by atoms with Crippen LogP contribution in [0.1, 0.15) is 26.2 Å². The predicted molar refractivity (Wildman–Crippen MR) is 78.6 cm³/mol. The van der Waals surface area contributed by atoms with Crippen molar-refractivity contribution in [3.05, 3.63) is 53.6 Å². The molecule has 2 unspecified atom stereocenters. The zero-order chi connectivity index (χ0) is 13.9. The lowest BCUT2D eigenvalue weighted by molar-refractivity contribution is 0.199. The SMILES string of the molecule is CC1=CCCC(C2CC2NC(=O)Oc2ccccc2)=C1. The maximum absolute atomic E-state index is 11.8. The van der Waals surface area contributed by atoms with Gasteiger partial charge < -0.3 is 10.1 Å². The summed E-state index contributed by atoms with van der Waals surface area (Å²) in [4.78, 5) is 11.8. The maximum Gasteiger partial charge on any atom is 0.412 e. The topological polar surface area (TPSA) is 38.3 Å². The van der Waals surface area contributed by atoms with Crippen LogP contribution >= 0.6 is 0 Å². The number of carbonyl (C=O) groups excluding carboxylic acids is 1. The fourth-order valence-corrected chi connectivity index (χ4v) is 2.72. The van der Waals surface area contributed by atoms with E-state index in [9.17, 15) is 4.79 Å². The van der Waals surface area contributed by atoms with E-state index >= 15 is 0 Å². The summed E-state index contributed by atoms with van der Waals surface area (Å²) in [6.07, 6.45) is 7.44. The second kappa shape index (κ2) is 5.53. The molecule has 0 aliphatic heterocycles. The number of rotatable bonds is 3. The van der Waals surface area contributed by atoms with Gasteiger partial charge in [0.05, 0.1) is 0 Å². The van der Waals surface area contributed by atoms with Gasteiger partial charge in [-0.25, -0.2) is 4.79 Å². The molecule has 3 nitrogen and oxygen atoms in total. The van der Waals surface area contributed by atoms with Gasteiger partial charge in [-0.05, 0) is 38.3 Å². The minimum Gasteiger partial charge on any atom is -0.410 e. The van der Waals surface area contributed by atoms with Crippen LogP contribution in [-0.2, 0) is 0 Å². The number of amides is 1. The van der Waals surface area contributed by atoms with Gasteiger partial charge >= 0.3 is 6.09 Å². The van der Waals surface area contributed by atoms with Crippen LogP contribution in [0.15, 0.2) is 53.6 Å². The minimum atomic E-state index is -0.354. The van der Waals surface area contributed by atoms with Crippen molar-refractivity contribution in [1.82, 2.24) is 5.32 Å². The lowest BCUT2D eigenvalue weighted by atomic mass is 9.96. The third-order valence-corrected chi connectivity index (χ3v) is 3.84. The molecule has 1 saturated carbocycles. The number of hydrogen-bond donors (Lipinski definition) is 1. The van der Waals surface area contributed by atoms with Crippen LogP contribution in [0.25, 0.3) is 0 Å². The van der Waals surface area contributed by atoms with Gasteiger partial charge in [-0.15, -0.1) is 0 Å². The highest BCUT2D eigenvalue weighted by Crippen LogP contribution is 2.41. The van der Waals surface area contributed by atoms with E-state index in [1.165, 1.54) is 11.1 Å². The Hall–Kier alpha value is -2.03. The third-order valence-electron chi connectivity index (χ3n) is 3.84. The van der Waals surface area contributed by atoms with Crippen LogP contribution in [0.5, 0.6) is 5.75 Å². The second-order valence-electron chi connectivity index (χ2n) is 5.50. The molecule has 3 rings (SSSR count). The molecule has 1 amide bonds. The van der Waals surface area contributed by atoms with Gasteiger partial charge in [0, 0.05) is 12.0 Å². The van der Waals surface area contributed by atoms with Crippen molar-refractivity contribution >= 4 is 6.09 Å². The molecule has 104 valence electrons. The van der Waals surface area contributed by atoms with Crippen molar-refractivity contribution < 1.29 is 9.53 Å². The van der Waals surface area contributed by atoms with Gasteiger partial charge in [0.25, 0.3) is 0 Å². The van der Waals surface area contributed by atoms with Crippen molar-refractivity contribution in [2.24, 2.45) is 5.92 Å². The first-order chi connectivity index (χ1) is 9.72. The van der Waals surface area contributed by atoms with Crippen LogP contribution < -0.4 is 10.1 Å². The molecule has 1 fully saturated rings.